The summed E-state index contributed by atoms with van der Waals surface area (Å²) in [6.07, 6.45) is 0. The van der Waals surface area contributed by atoms with Crippen LogP contribution in [0.5, 0.6) is 11.5 Å². The molecule has 0 heterocycles. The number of aromatic hydroxyl groups is 2. The predicted molar refractivity (Wildman–Crippen MR) is 98.6 cm³/mol. The van der Waals surface area contributed by atoms with Crippen molar-refractivity contribution in [3.63, 3.8) is 0 Å². The fourth-order valence-electron chi connectivity index (χ4n) is 2.35. The molecule has 0 unspecified atom stereocenters. The summed E-state index contributed by atoms with van der Waals surface area (Å²) < 4.78 is 0. The molecule has 0 aliphatic heterocycles. The Kier molecular flexibility index (Phi) is 4.85. The Bertz CT molecular complexity index is 874. The van der Waals surface area contributed by atoms with Crippen molar-refractivity contribution in [2.45, 2.75) is 0 Å². The average molecular weight is 348 g/mol. The van der Waals surface area contributed by atoms with E-state index >= 15 is 0 Å². The van der Waals surface area contributed by atoms with Crippen LogP contribution >= 0.6 is 0 Å². The monoisotopic (exact) mass is 348 g/mol. The number of phenols is 2. The number of phenolic OH excluding ortho intramolecular Hbond substituents is 2. The number of nitrogens with one attached hydrogen (secondary N) is 2. The molecule has 0 aliphatic rings. The first-order chi connectivity index (χ1) is 12.5. The Hall–Kier alpha value is -3.80. The van der Waals surface area contributed by atoms with Gasteiger partial charge in [0.15, 0.2) is 0 Å². The number of amides is 2. The molecule has 0 spiro atoms. The molecule has 0 aromatic heterocycles. The summed E-state index contributed by atoms with van der Waals surface area (Å²) in [5.74, 6) is -0.588. The van der Waals surface area contributed by atoms with Crippen LogP contribution in [-0.2, 0) is 0 Å². The Morgan fingerprint density at radius 2 is 1.00 bits per heavy atom. The van der Waals surface area contributed by atoms with Crippen LogP contribution < -0.4 is 10.6 Å². The average Bonchev–Trinajstić information content (AvgIpc) is 2.62. The molecule has 0 atom stereocenters. The standard InChI is InChI=1S/C20H16N2O4/c23-17-5-1-3-15(11-17)21-19(25)13-7-9-14(10-8-13)20(26)22-16-4-2-6-18(24)12-16/h1-12,23-24H,(H,21,25)(H,22,26). The van der Waals surface area contributed by atoms with Crippen molar-refractivity contribution < 1.29 is 19.8 Å². The highest BCUT2D eigenvalue weighted by molar-refractivity contribution is 6.07. The molecule has 130 valence electrons. The molecule has 0 saturated heterocycles. The van der Waals surface area contributed by atoms with E-state index in [4.69, 9.17) is 0 Å². The molecule has 3 aromatic rings. The Labute approximate surface area is 149 Å². The second-order valence-corrected chi connectivity index (χ2v) is 5.59. The van der Waals surface area contributed by atoms with E-state index in [1.807, 2.05) is 0 Å². The molecule has 0 aliphatic carbocycles. The largest absolute Gasteiger partial charge is 0.508 e. The SMILES string of the molecule is O=C(Nc1cccc(O)c1)c1ccc(C(=O)Nc2cccc(O)c2)cc1. The van der Waals surface area contributed by atoms with Crippen molar-refractivity contribution in [2.75, 3.05) is 10.6 Å². The van der Waals surface area contributed by atoms with E-state index in [2.05, 4.69) is 10.6 Å². The van der Waals surface area contributed by atoms with Gasteiger partial charge in [0.25, 0.3) is 11.8 Å². The minimum atomic E-state index is -0.351. The maximum atomic E-state index is 12.2. The third-order valence-corrected chi connectivity index (χ3v) is 3.62. The van der Waals surface area contributed by atoms with Gasteiger partial charge in [-0.15, -0.1) is 0 Å². The summed E-state index contributed by atoms with van der Waals surface area (Å²) >= 11 is 0. The van der Waals surface area contributed by atoms with Crippen LogP contribution in [0.3, 0.4) is 0 Å². The second kappa shape index (κ2) is 7.40. The zero-order valence-corrected chi connectivity index (χ0v) is 13.6. The number of benzene rings is 3. The van der Waals surface area contributed by atoms with Crippen molar-refractivity contribution in [1.29, 1.82) is 0 Å². The predicted octanol–water partition coefficient (Wildman–Crippen LogP) is 3.60. The van der Waals surface area contributed by atoms with E-state index < -0.39 is 0 Å². The van der Waals surface area contributed by atoms with Crippen LogP contribution in [0.4, 0.5) is 11.4 Å². The Balaban J connectivity index is 1.67. The van der Waals surface area contributed by atoms with Crippen LogP contribution in [0.1, 0.15) is 20.7 Å². The van der Waals surface area contributed by atoms with Crippen molar-refractivity contribution >= 4 is 23.2 Å². The molecule has 0 bridgehead atoms. The highest BCUT2D eigenvalue weighted by atomic mass is 16.3. The zero-order chi connectivity index (χ0) is 18.5. The van der Waals surface area contributed by atoms with E-state index in [9.17, 15) is 19.8 Å². The summed E-state index contributed by atoms with van der Waals surface area (Å²) in [7, 11) is 0. The number of hydrogen-bond donors (Lipinski definition) is 4. The fourth-order valence-corrected chi connectivity index (χ4v) is 2.35. The lowest BCUT2D eigenvalue weighted by atomic mass is 10.1. The van der Waals surface area contributed by atoms with Gasteiger partial charge in [-0.2, -0.15) is 0 Å². The molecule has 6 heteroatoms. The maximum absolute atomic E-state index is 12.2. The minimum absolute atomic E-state index is 0.0572. The normalized spacial score (nSPS) is 10.2. The molecule has 6 nitrogen and oxygen atoms in total. The van der Waals surface area contributed by atoms with Gasteiger partial charge in [0.2, 0.25) is 0 Å². The van der Waals surface area contributed by atoms with Crippen molar-refractivity contribution in [3.05, 3.63) is 83.9 Å². The van der Waals surface area contributed by atoms with E-state index in [0.29, 0.717) is 22.5 Å². The van der Waals surface area contributed by atoms with Crippen molar-refractivity contribution in [2.24, 2.45) is 0 Å². The lowest BCUT2D eigenvalue weighted by Gasteiger charge is -2.08. The van der Waals surface area contributed by atoms with Gasteiger partial charge >= 0.3 is 0 Å². The van der Waals surface area contributed by atoms with Gasteiger partial charge in [-0.1, -0.05) is 12.1 Å². The van der Waals surface area contributed by atoms with Gasteiger partial charge in [0, 0.05) is 34.6 Å². The molecule has 0 fully saturated rings. The molecule has 26 heavy (non-hydrogen) atoms. The Morgan fingerprint density at radius 3 is 1.35 bits per heavy atom. The third-order valence-electron chi connectivity index (χ3n) is 3.62. The smallest absolute Gasteiger partial charge is 0.255 e. The summed E-state index contributed by atoms with van der Waals surface area (Å²) in [5, 5.41) is 24.2. The lowest BCUT2D eigenvalue weighted by molar-refractivity contribution is 0.101. The summed E-state index contributed by atoms with van der Waals surface area (Å²) in [4.78, 5) is 24.4. The zero-order valence-electron chi connectivity index (χ0n) is 13.6. The molecule has 3 aromatic carbocycles. The fraction of sp³-hybridized carbons (Fsp3) is 0. The molecule has 4 N–H and O–H groups in total. The molecule has 0 saturated carbocycles. The maximum Gasteiger partial charge on any atom is 0.255 e. The number of carbonyl (C=O) groups is 2. The van der Waals surface area contributed by atoms with Crippen LogP contribution in [0, 0.1) is 0 Å². The summed E-state index contributed by atoms with van der Waals surface area (Å²) in [5.41, 5.74) is 1.70. The number of carbonyl (C=O) groups excluding carboxylic acids is 2. The third kappa shape index (κ3) is 4.18. The second-order valence-electron chi connectivity index (χ2n) is 5.59. The van der Waals surface area contributed by atoms with E-state index in [-0.39, 0.29) is 23.3 Å². The van der Waals surface area contributed by atoms with Crippen LogP contribution in [-0.4, -0.2) is 22.0 Å². The van der Waals surface area contributed by atoms with Crippen LogP contribution in [0.15, 0.2) is 72.8 Å². The Morgan fingerprint density at radius 1 is 0.615 bits per heavy atom. The minimum Gasteiger partial charge on any atom is -0.508 e. The first-order valence-electron chi connectivity index (χ1n) is 7.82. The quantitative estimate of drug-likeness (QED) is 0.579. The first-order valence-corrected chi connectivity index (χ1v) is 7.82. The van der Waals surface area contributed by atoms with Gasteiger partial charge in [-0.3, -0.25) is 9.59 Å². The van der Waals surface area contributed by atoms with Gasteiger partial charge in [-0.25, -0.2) is 0 Å². The molecular formula is C20H16N2O4. The number of hydrogen-bond acceptors (Lipinski definition) is 4. The molecular weight excluding hydrogens is 332 g/mol. The van der Waals surface area contributed by atoms with Gasteiger partial charge in [0.05, 0.1) is 0 Å². The van der Waals surface area contributed by atoms with Gasteiger partial charge in [0.1, 0.15) is 11.5 Å². The summed E-state index contributed by atoms with van der Waals surface area (Å²) in [6.45, 7) is 0. The van der Waals surface area contributed by atoms with E-state index in [1.54, 1.807) is 24.3 Å². The molecule has 2 amide bonds. The van der Waals surface area contributed by atoms with Crippen LogP contribution in [0.25, 0.3) is 0 Å². The number of rotatable bonds is 4. The van der Waals surface area contributed by atoms with Crippen molar-refractivity contribution in [1.82, 2.24) is 0 Å². The van der Waals surface area contributed by atoms with Crippen molar-refractivity contribution in [3.8, 4) is 11.5 Å². The summed E-state index contributed by atoms with van der Waals surface area (Å²) in [6, 6.07) is 18.6. The van der Waals surface area contributed by atoms with Gasteiger partial charge in [-0.05, 0) is 48.5 Å². The lowest BCUT2D eigenvalue weighted by Crippen LogP contribution is -2.14. The molecule has 0 radical (unpaired) electrons. The van der Waals surface area contributed by atoms with Crippen LogP contribution in [0.2, 0.25) is 0 Å². The van der Waals surface area contributed by atoms with Gasteiger partial charge < -0.3 is 20.8 Å². The number of anilines is 2. The molecule has 3 rings (SSSR count). The van der Waals surface area contributed by atoms with E-state index in [0.717, 1.165) is 0 Å². The van der Waals surface area contributed by atoms with E-state index in [1.165, 1.54) is 48.5 Å². The highest BCUT2D eigenvalue weighted by Crippen LogP contribution is 2.18. The highest BCUT2D eigenvalue weighted by Gasteiger charge is 2.10. The first kappa shape index (κ1) is 17.0. The topological polar surface area (TPSA) is 98.7 Å².